The molecule has 38 heavy (non-hydrogen) atoms. The normalized spacial score (nSPS) is 11.8. The van der Waals surface area contributed by atoms with Crippen LogP contribution in [0.2, 0.25) is 0 Å². The Balaban J connectivity index is 2.14. The Kier molecular flexibility index (Phi) is 7.82. The number of aliphatic hydroxyl groups is 1. The number of alkyl halides is 6. The maximum absolute atomic E-state index is 14.5. The molecule has 202 valence electrons. The van der Waals surface area contributed by atoms with E-state index in [4.69, 9.17) is 19.8 Å². The molecule has 1 aromatic carbocycles. The monoisotopic (exact) mass is 548 g/mol. The van der Waals surface area contributed by atoms with Crippen molar-refractivity contribution in [3.8, 4) is 23.3 Å². The highest BCUT2D eigenvalue weighted by molar-refractivity contribution is 5.44. The minimum Gasteiger partial charge on any atom is -0.618 e. The first-order chi connectivity index (χ1) is 17.7. The molecule has 0 radical (unpaired) electrons. The van der Waals surface area contributed by atoms with E-state index in [1.54, 1.807) is 0 Å². The van der Waals surface area contributed by atoms with Gasteiger partial charge in [0.2, 0.25) is 17.6 Å². The first-order valence-corrected chi connectivity index (χ1v) is 10.3. The fourth-order valence-electron chi connectivity index (χ4n) is 3.22. The van der Waals surface area contributed by atoms with Gasteiger partial charge in [0.15, 0.2) is 23.0 Å². The number of ether oxygens (including phenoxy) is 2. The van der Waals surface area contributed by atoms with Crippen molar-refractivity contribution in [2.45, 2.75) is 25.8 Å². The van der Waals surface area contributed by atoms with Crippen molar-refractivity contribution < 1.29 is 50.0 Å². The third kappa shape index (κ3) is 5.94. The minimum atomic E-state index is -5.28. The zero-order chi connectivity index (χ0) is 28.4. The fourth-order valence-corrected chi connectivity index (χ4v) is 3.22. The lowest BCUT2D eigenvalue weighted by atomic mass is 10.1. The SMILES string of the molecule is Cc1cc(C#N)c(F)c(Oc2c(C(F)(F)F)ncn(Cc3cc(C(F)(F)F)c(OCCO)c[n+]3[O-])c2=O)c1. The van der Waals surface area contributed by atoms with E-state index in [-0.39, 0.29) is 10.3 Å². The van der Waals surface area contributed by atoms with Gasteiger partial charge in [-0.25, -0.2) is 9.37 Å². The van der Waals surface area contributed by atoms with Crippen molar-refractivity contribution in [1.82, 2.24) is 9.55 Å². The van der Waals surface area contributed by atoms with E-state index in [1.165, 1.54) is 13.0 Å². The predicted molar refractivity (Wildman–Crippen MR) is 112 cm³/mol. The molecule has 2 heterocycles. The molecule has 0 aliphatic carbocycles. The zero-order valence-corrected chi connectivity index (χ0v) is 19.0. The summed E-state index contributed by atoms with van der Waals surface area (Å²) in [6.07, 6.45) is -9.62. The molecule has 0 aliphatic heterocycles. The highest BCUT2D eigenvalue weighted by Crippen LogP contribution is 2.37. The summed E-state index contributed by atoms with van der Waals surface area (Å²) in [4.78, 5) is 16.0. The molecule has 0 aliphatic rings. The van der Waals surface area contributed by atoms with Crippen molar-refractivity contribution in [2.75, 3.05) is 13.2 Å². The van der Waals surface area contributed by atoms with Gasteiger partial charge in [-0.15, -0.1) is 0 Å². The Hall–Kier alpha value is -4.39. The molecule has 0 bridgehead atoms. The highest BCUT2D eigenvalue weighted by atomic mass is 19.4. The first-order valence-electron chi connectivity index (χ1n) is 10.3. The van der Waals surface area contributed by atoms with Crippen molar-refractivity contribution >= 4 is 0 Å². The number of aliphatic hydroxyl groups excluding tert-OH is 1. The van der Waals surface area contributed by atoms with Crippen LogP contribution in [0.4, 0.5) is 30.7 Å². The van der Waals surface area contributed by atoms with Gasteiger partial charge in [0.25, 0.3) is 5.56 Å². The second-order valence-electron chi connectivity index (χ2n) is 7.63. The van der Waals surface area contributed by atoms with E-state index in [2.05, 4.69) is 4.98 Å². The van der Waals surface area contributed by atoms with Gasteiger partial charge >= 0.3 is 12.4 Å². The number of benzene rings is 1. The van der Waals surface area contributed by atoms with Crippen LogP contribution in [0.3, 0.4) is 0 Å². The molecule has 1 N–H and O–H groups in total. The van der Waals surface area contributed by atoms with E-state index < -0.39 is 83.3 Å². The van der Waals surface area contributed by atoms with E-state index >= 15 is 0 Å². The third-order valence-corrected chi connectivity index (χ3v) is 4.86. The molecule has 0 amide bonds. The summed E-state index contributed by atoms with van der Waals surface area (Å²) >= 11 is 0. The van der Waals surface area contributed by atoms with Gasteiger partial charge in [-0.05, 0) is 24.6 Å². The van der Waals surface area contributed by atoms with Crippen molar-refractivity contribution in [1.29, 1.82) is 5.26 Å². The summed E-state index contributed by atoms with van der Waals surface area (Å²) in [6.45, 7) is -0.870. The zero-order valence-electron chi connectivity index (χ0n) is 19.0. The molecule has 16 heteroatoms. The standard InChI is InChI=1S/C22H15F7N4O5/c1-11-4-12(7-30)17(23)15(5-11)38-18-19(22(27,28)29)31-10-32(20(18)35)8-13-6-14(21(24,25)26)16(9-33(13)36)37-3-2-34/h4-6,9-10,34H,2-3,8H2,1H3. The Labute approximate surface area is 208 Å². The average molecular weight is 548 g/mol. The molecule has 3 aromatic rings. The van der Waals surface area contributed by atoms with Crippen LogP contribution >= 0.6 is 0 Å². The average Bonchev–Trinajstić information content (AvgIpc) is 2.81. The summed E-state index contributed by atoms with van der Waals surface area (Å²) in [7, 11) is 0. The van der Waals surface area contributed by atoms with Gasteiger partial charge in [-0.1, -0.05) is 0 Å². The van der Waals surface area contributed by atoms with E-state index in [0.717, 1.165) is 12.1 Å². The molecular formula is C22H15F7N4O5. The maximum Gasteiger partial charge on any atom is 0.437 e. The molecule has 0 unspecified atom stereocenters. The van der Waals surface area contributed by atoms with E-state index in [1.807, 2.05) is 0 Å². The number of nitriles is 1. The molecule has 9 nitrogen and oxygen atoms in total. The number of hydrogen-bond acceptors (Lipinski definition) is 7. The number of nitrogens with zero attached hydrogens (tertiary/aromatic N) is 4. The smallest absolute Gasteiger partial charge is 0.437 e. The van der Waals surface area contributed by atoms with Crippen LogP contribution in [0, 0.1) is 29.3 Å². The Morgan fingerprint density at radius 2 is 1.84 bits per heavy atom. The number of halogens is 7. The quantitative estimate of drug-likeness (QED) is 0.273. The van der Waals surface area contributed by atoms with Gasteiger partial charge in [-0.3, -0.25) is 9.36 Å². The molecule has 3 rings (SSSR count). The fraction of sp³-hybridized carbons (Fsp3) is 0.273. The lowest BCUT2D eigenvalue weighted by molar-refractivity contribution is -0.615. The van der Waals surface area contributed by atoms with Crippen LogP contribution in [-0.4, -0.2) is 27.9 Å². The lowest BCUT2D eigenvalue weighted by Crippen LogP contribution is -2.36. The van der Waals surface area contributed by atoms with Crippen LogP contribution in [0.1, 0.15) is 28.1 Å². The molecule has 2 aromatic heterocycles. The summed E-state index contributed by atoms with van der Waals surface area (Å²) < 4.78 is 106. The van der Waals surface area contributed by atoms with E-state index in [9.17, 15) is 40.7 Å². The van der Waals surface area contributed by atoms with Crippen LogP contribution < -0.4 is 19.8 Å². The number of aryl methyl sites for hydroxylation is 1. The predicted octanol–water partition coefficient (Wildman–Crippen LogP) is 3.45. The van der Waals surface area contributed by atoms with Gasteiger partial charge < -0.3 is 19.8 Å². The molecular weight excluding hydrogens is 533 g/mol. The topological polar surface area (TPSA) is 124 Å². The van der Waals surface area contributed by atoms with Crippen molar-refractivity contribution in [3.63, 3.8) is 0 Å². The van der Waals surface area contributed by atoms with Crippen LogP contribution in [-0.2, 0) is 18.9 Å². The molecule has 0 saturated heterocycles. The van der Waals surface area contributed by atoms with Crippen molar-refractivity contribution in [2.24, 2.45) is 0 Å². The minimum absolute atomic E-state index is 0.119. The van der Waals surface area contributed by atoms with Gasteiger partial charge in [0, 0.05) is 6.07 Å². The lowest BCUT2D eigenvalue weighted by Gasteiger charge is -2.17. The highest BCUT2D eigenvalue weighted by Gasteiger charge is 2.40. The molecule has 0 fully saturated rings. The van der Waals surface area contributed by atoms with Crippen molar-refractivity contribution in [3.05, 3.63) is 80.2 Å². The van der Waals surface area contributed by atoms with E-state index in [0.29, 0.717) is 23.2 Å². The van der Waals surface area contributed by atoms with Gasteiger partial charge in [0.05, 0.1) is 18.5 Å². The summed E-state index contributed by atoms with van der Waals surface area (Å²) in [6, 6.07) is 3.78. The summed E-state index contributed by atoms with van der Waals surface area (Å²) in [5.41, 5.74) is -6.09. The maximum atomic E-state index is 14.5. The van der Waals surface area contributed by atoms with Crippen LogP contribution in [0.15, 0.2) is 35.5 Å². The second kappa shape index (κ2) is 10.5. The second-order valence-corrected chi connectivity index (χ2v) is 7.63. The Morgan fingerprint density at radius 3 is 2.42 bits per heavy atom. The molecule has 0 atom stereocenters. The number of pyridine rings is 1. The van der Waals surface area contributed by atoms with Gasteiger partial charge in [-0.2, -0.15) is 36.3 Å². The number of hydrogen-bond donors (Lipinski definition) is 1. The molecule has 0 spiro atoms. The Morgan fingerprint density at radius 1 is 1.16 bits per heavy atom. The third-order valence-electron chi connectivity index (χ3n) is 4.86. The summed E-state index contributed by atoms with van der Waals surface area (Å²) in [5, 5.41) is 30.1. The first kappa shape index (κ1) is 28.2. The Bertz CT molecular complexity index is 1460. The number of rotatable bonds is 7. The largest absolute Gasteiger partial charge is 0.618 e. The van der Waals surface area contributed by atoms with Crippen LogP contribution in [0.25, 0.3) is 0 Å². The van der Waals surface area contributed by atoms with Gasteiger partial charge in [0.1, 0.15) is 24.8 Å². The van der Waals surface area contributed by atoms with Crippen LogP contribution in [0.5, 0.6) is 17.2 Å². The number of aromatic nitrogens is 3. The molecule has 0 saturated carbocycles. The summed E-state index contributed by atoms with van der Waals surface area (Å²) in [5.74, 6) is -4.75.